The second-order valence-corrected chi connectivity index (χ2v) is 12.6. The first-order valence-electron chi connectivity index (χ1n) is 12.5. The number of hydrogen-bond acceptors (Lipinski definition) is 7. The van der Waals surface area contributed by atoms with E-state index in [1.54, 1.807) is 29.9 Å². The number of nitrogens with one attached hydrogen (secondary N) is 1. The molecule has 0 aromatic carbocycles. The maximum atomic E-state index is 12.6. The van der Waals surface area contributed by atoms with Crippen molar-refractivity contribution in [2.75, 3.05) is 19.6 Å². The van der Waals surface area contributed by atoms with Crippen molar-refractivity contribution < 1.29 is 8.42 Å². The zero-order chi connectivity index (χ0) is 24.4. The molecule has 1 N–H and O–H groups in total. The lowest BCUT2D eigenvalue weighted by molar-refractivity contribution is 0.0317. The monoisotopic (exact) mass is 511 g/mol. The number of thiophene rings is 1. The summed E-state index contributed by atoms with van der Waals surface area (Å²) in [6, 6.07) is 9.84. The first-order chi connectivity index (χ1) is 17.0. The highest BCUT2D eigenvalue weighted by atomic mass is 32.2. The highest BCUT2D eigenvalue weighted by Gasteiger charge is 2.42. The third-order valence-electron chi connectivity index (χ3n) is 7.64. The number of piperidine rings is 3. The van der Waals surface area contributed by atoms with Gasteiger partial charge in [-0.1, -0.05) is 19.9 Å². The topological polar surface area (TPSA) is 88.1 Å². The minimum atomic E-state index is -3.44. The van der Waals surface area contributed by atoms with Crippen molar-refractivity contribution in [1.82, 2.24) is 24.6 Å². The number of rotatable bonds is 9. The average Bonchev–Trinajstić information content (AvgIpc) is 3.45. The first-order valence-corrected chi connectivity index (χ1v) is 14.9. The molecule has 3 aromatic rings. The molecule has 35 heavy (non-hydrogen) atoms. The van der Waals surface area contributed by atoms with E-state index in [1.807, 2.05) is 12.1 Å². The molecule has 0 amide bonds. The van der Waals surface area contributed by atoms with E-state index < -0.39 is 10.0 Å². The molecule has 7 nitrogen and oxygen atoms in total. The van der Waals surface area contributed by atoms with E-state index in [2.05, 4.69) is 34.5 Å². The van der Waals surface area contributed by atoms with Gasteiger partial charge in [-0.15, -0.1) is 11.3 Å². The van der Waals surface area contributed by atoms with Crippen LogP contribution in [0.2, 0.25) is 0 Å². The van der Waals surface area contributed by atoms with Crippen molar-refractivity contribution in [3.05, 3.63) is 59.5 Å². The summed E-state index contributed by atoms with van der Waals surface area (Å²) in [4.78, 5) is 16.6. The van der Waals surface area contributed by atoms with Crippen LogP contribution in [0.5, 0.6) is 0 Å². The quantitative estimate of drug-likeness (QED) is 0.450. The fourth-order valence-corrected chi connectivity index (χ4v) is 7.71. The fraction of sp³-hybridized carbons (Fsp3) is 0.500. The van der Waals surface area contributed by atoms with Gasteiger partial charge in [0.25, 0.3) is 0 Å². The van der Waals surface area contributed by atoms with Crippen LogP contribution in [-0.2, 0) is 10.0 Å². The smallest absolute Gasteiger partial charge is 0.250 e. The minimum absolute atomic E-state index is 0.222. The molecular formula is C26H33N5O2S2. The summed E-state index contributed by atoms with van der Waals surface area (Å²) < 4.78 is 28.5. The molecule has 0 radical (unpaired) electrons. The van der Waals surface area contributed by atoms with Crippen LogP contribution in [0.3, 0.4) is 0 Å². The second-order valence-electron chi connectivity index (χ2n) is 9.61. The first kappa shape index (κ1) is 24.5. The Morgan fingerprint density at radius 2 is 1.97 bits per heavy atom. The van der Waals surface area contributed by atoms with Gasteiger partial charge in [-0.25, -0.2) is 23.1 Å². The molecular weight excluding hydrogens is 478 g/mol. The van der Waals surface area contributed by atoms with Gasteiger partial charge in [0.1, 0.15) is 4.21 Å². The molecule has 3 fully saturated rings. The van der Waals surface area contributed by atoms with Gasteiger partial charge in [-0.2, -0.15) is 0 Å². The number of nitrogens with zero attached hydrogens (tertiary/aromatic N) is 4. The van der Waals surface area contributed by atoms with Crippen LogP contribution in [0.15, 0.2) is 52.3 Å². The van der Waals surface area contributed by atoms with Gasteiger partial charge in [-0.05, 0) is 67.8 Å². The van der Waals surface area contributed by atoms with Crippen molar-refractivity contribution in [2.24, 2.45) is 5.92 Å². The van der Waals surface area contributed by atoms with E-state index in [0.29, 0.717) is 28.5 Å². The van der Waals surface area contributed by atoms with Crippen molar-refractivity contribution >= 4 is 21.4 Å². The van der Waals surface area contributed by atoms with Gasteiger partial charge in [0.15, 0.2) is 5.82 Å². The number of sulfonamides is 1. The highest BCUT2D eigenvalue weighted by molar-refractivity contribution is 7.91. The number of aromatic nitrogens is 3. The minimum Gasteiger partial charge on any atom is -0.298 e. The Labute approximate surface area is 212 Å². The summed E-state index contributed by atoms with van der Waals surface area (Å²) in [5, 5.41) is 1.79. The van der Waals surface area contributed by atoms with Gasteiger partial charge in [0.2, 0.25) is 10.0 Å². The third kappa shape index (κ3) is 5.18. The summed E-state index contributed by atoms with van der Waals surface area (Å²) in [6.45, 7) is 6.81. The molecule has 3 aromatic heterocycles. The molecule has 0 spiro atoms. The van der Waals surface area contributed by atoms with Crippen molar-refractivity contribution in [1.29, 1.82) is 0 Å². The van der Waals surface area contributed by atoms with E-state index >= 15 is 0 Å². The van der Waals surface area contributed by atoms with E-state index in [0.717, 1.165) is 61.5 Å². The maximum absolute atomic E-state index is 12.6. The molecule has 6 rings (SSSR count). The van der Waals surface area contributed by atoms with Crippen molar-refractivity contribution in [2.45, 2.75) is 61.6 Å². The van der Waals surface area contributed by atoms with Crippen LogP contribution in [0.1, 0.15) is 62.8 Å². The SMILES string of the molecule is CCC(CC)c1cc([C@H]2CN3CC[C@H]2C[C@@H]3CNS(=O)(=O)c2cccs2)nc(-c2ccncc2)n1. The predicted octanol–water partition coefficient (Wildman–Crippen LogP) is 4.66. The lowest BCUT2D eigenvalue weighted by atomic mass is 9.74. The standard InChI is InChI=1S/C26H33N5O2S2/c1-3-18(4-2)23-15-24(30-26(29-23)19-7-10-27-11-8-19)22-17-31-12-9-20(22)14-21(31)16-28-35(32,33)25-6-5-13-34-25/h5-8,10-11,13,15,18,20-22,28H,3-4,9,12,14,16-17H2,1-2H3/t20-,21+,22-/m0/s1. The molecule has 186 valence electrons. The summed E-state index contributed by atoms with van der Waals surface area (Å²) in [5.74, 6) is 2.03. The van der Waals surface area contributed by atoms with E-state index in [1.165, 1.54) is 11.3 Å². The molecule has 3 aliphatic heterocycles. The number of pyridine rings is 1. The van der Waals surface area contributed by atoms with Crippen LogP contribution in [0.4, 0.5) is 0 Å². The van der Waals surface area contributed by atoms with Gasteiger partial charge >= 0.3 is 0 Å². The summed E-state index contributed by atoms with van der Waals surface area (Å²) in [6.07, 6.45) is 7.78. The van der Waals surface area contributed by atoms with Gasteiger partial charge < -0.3 is 0 Å². The molecule has 3 aliphatic rings. The zero-order valence-corrected chi connectivity index (χ0v) is 21.9. The molecule has 6 heterocycles. The fourth-order valence-electron chi connectivity index (χ4n) is 5.60. The van der Waals surface area contributed by atoms with Crippen LogP contribution in [-0.4, -0.2) is 53.9 Å². The van der Waals surface area contributed by atoms with Crippen molar-refractivity contribution in [3.63, 3.8) is 0 Å². The Morgan fingerprint density at radius 1 is 1.17 bits per heavy atom. The lowest BCUT2D eigenvalue weighted by Gasteiger charge is -2.49. The molecule has 3 saturated heterocycles. The van der Waals surface area contributed by atoms with Gasteiger partial charge in [-0.3, -0.25) is 9.88 Å². The Balaban J connectivity index is 1.37. The van der Waals surface area contributed by atoms with Crippen LogP contribution >= 0.6 is 11.3 Å². The van der Waals surface area contributed by atoms with Crippen LogP contribution < -0.4 is 4.72 Å². The Kier molecular flexibility index (Phi) is 7.29. The summed E-state index contributed by atoms with van der Waals surface area (Å²) in [5.41, 5.74) is 3.25. The Bertz CT molecular complexity index is 1230. The summed E-state index contributed by atoms with van der Waals surface area (Å²) >= 11 is 1.25. The third-order valence-corrected chi connectivity index (χ3v) is 10.5. The molecule has 0 aliphatic carbocycles. The number of hydrogen-bond donors (Lipinski definition) is 1. The lowest BCUT2D eigenvalue weighted by Crippen LogP contribution is -2.56. The maximum Gasteiger partial charge on any atom is 0.250 e. The molecule has 1 unspecified atom stereocenters. The van der Waals surface area contributed by atoms with Crippen LogP contribution in [0, 0.1) is 5.92 Å². The average molecular weight is 512 g/mol. The van der Waals surface area contributed by atoms with E-state index in [4.69, 9.17) is 9.97 Å². The summed E-state index contributed by atoms with van der Waals surface area (Å²) in [7, 11) is -3.44. The molecule has 0 saturated carbocycles. The van der Waals surface area contributed by atoms with Gasteiger partial charge in [0.05, 0.1) is 0 Å². The predicted molar refractivity (Wildman–Crippen MR) is 139 cm³/mol. The van der Waals surface area contributed by atoms with Gasteiger partial charge in [0, 0.05) is 60.3 Å². The molecule has 9 heteroatoms. The zero-order valence-electron chi connectivity index (χ0n) is 20.3. The largest absolute Gasteiger partial charge is 0.298 e. The Hall–Kier alpha value is -2.20. The number of fused-ring (bicyclic) bond motifs is 3. The van der Waals surface area contributed by atoms with E-state index in [9.17, 15) is 8.42 Å². The normalized spacial score (nSPS) is 24.2. The Morgan fingerprint density at radius 3 is 2.63 bits per heavy atom. The van der Waals surface area contributed by atoms with Crippen LogP contribution in [0.25, 0.3) is 11.4 Å². The highest BCUT2D eigenvalue weighted by Crippen LogP contribution is 2.42. The molecule has 2 bridgehead atoms. The van der Waals surface area contributed by atoms with Crippen molar-refractivity contribution in [3.8, 4) is 11.4 Å². The second kappa shape index (κ2) is 10.4. The van der Waals surface area contributed by atoms with E-state index in [-0.39, 0.29) is 6.04 Å². The molecule has 4 atom stereocenters.